The summed E-state index contributed by atoms with van der Waals surface area (Å²) >= 11 is 0. The smallest absolute Gasteiger partial charge is 0.304 e. The first-order valence-corrected chi connectivity index (χ1v) is 7.56. The number of nitro groups is 1. The second-order valence-corrected chi connectivity index (χ2v) is 6.24. The fraction of sp³-hybridized carbons (Fsp3) is 0.500. The molecule has 0 aliphatic carbocycles. The summed E-state index contributed by atoms with van der Waals surface area (Å²) in [6.07, 6.45) is 1.70. The van der Waals surface area contributed by atoms with E-state index in [2.05, 4.69) is 5.32 Å². The molecule has 1 aliphatic rings. The van der Waals surface area contributed by atoms with Crippen molar-refractivity contribution in [1.29, 1.82) is 0 Å². The van der Waals surface area contributed by atoms with Crippen LogP contribution in [-0.4, -0.2) is 26.7 Å². The lowest BCUT2D eigenvalue weighted by Gasteiger charge is -2.22. The molecule has 2 rings (SSSR count). The number of hydrogen-bond donors (Lipinski definition) is 1. The average molecular weight is 286 g/mol. The maximum atomic E-state index is 13.4. The second kappa shape index (κ2) is 6.21. The van der Waals surface area contributed by atoms with Crippen molar-refractivity contribution in [3.05, 3.63) is 39.7 Å². The summed E-state index contributed by atoms with van der Waals surface area (Å²) in [5.74, 6) is 0.590. The number of nitro benzene ring substituents is 1. The molecule has 0 atom stereocenters. The summed E-state index contributed by atoms with van der Waals surface area (Å²) in [5.41, 5.74) is 0.173. The minimum absolute atomic E-state index is 0.288. The molecular weight excluding hydrogens is 271 g/mol. The first-order chi connectivity index (χ1) is 9.06. The molecule has 1 N–H and O–H groups in total. The van der Waals surface area contributed by atoms with Gasteiger partial charge in [-0.25, -0.2) is 0 Å². The Bertz CT molecular complexity index is 500. The van der Waals surface area contributed by atoms with Gasteiger partial charge in [-0.3, -0.25) is 14.3 Å². The third kappa shape index (κ3) is 3.81. The van der Waals surface area contributed by atoms with Gasteiger partial charge in [0, 0.05) is 41.0 Å². The molecule has 0 bridgehead atoms. The van der Waals surface area contributed by atoms with Crippen molar-refractivity contribution >= 4 is 16.5 Å². The van der Waals surface area contributed by atoms with Crippen LogP contribution in [0.4, 0.5) is 10.1 Å². The Morgan fingerprint density at radius 1 is 1.42 bits per heavy atom. The quantitative estimate of drug-likeness (QED) is 0.676. The van der Waals surface area contributed by atoms with E-state index in [-0.39, 0.29) is 6.04 Å². The maximum absolute atomic E-state index is 13.4. The minimum Gasteiger partial charge on any atom is -0.310 e. The number of nitrogens with zero attached hydrogens (tertiary/aromatic N) is 1. The third-order valence-corrected chi connectivity index (χ3v) is 4.57. The summed E-state index contributed by atoms with van der Waals surface area (Å²) in [6, 6.07) is 4.21. The Kier molecular flexibility index (Phi) is 4.60. The zero-order chi connectivity index (χ0) is 13.8. The average Bonchev–Trinajstić information content (AvgIpc) is 2.37. The lowest BCUT2D eigenvalue weighted by molar-refractivity contribution is -0.387. The van der Waals surface area contributed by atoms with Crippen LogP contribution in [0.25, 0.3) is 0 Å². The van der Waals surface area contributed by atoms with Crippen molar-refractivity contribution in [3.63, 3.8) is 0 Å². The van der Waals surface area contributed by atoms with E-state index in [9.17, 15) is 18.7 Å². The molecule has 1 aromatic carbocycles. The van der Waals surface area contributed by atoms with E-state index < -0.39 is 27.2 Å². The first-order valence-electron chi connectivity index (χ1n) is 6.07. The number of halogens is 1. The van der Waals surface area contributed by atoms with Crippen LogP contribution in [0, 0.1) is 15.9 Å². The molecule has 1 fully saturated rings. The zero-order valence-electron chi connectivity index (χ0n) is 10.3. The van der Waals surface area contributed by atoms with E-state index in [1.807, 2.05) is 0 Å². The Balaban J connectivity index is 1.91. The third-order valence-electron chi connectivity index (χ3n) is 3.19. The summed E-state index contributed by atoms with van der Waals surface area (Å²) in [6.45, 7) is 0.464. The Labute approximate surface area is 112 Å². The van der Waals surface area contributed by atoms with E-state index in [0.29, 0.717) is 23.6 Å². The van der Waals surface area contributed by atoms with Crippen molar-refractivity contribution in [2.24, 2.45) is 0 Å². The van der Waals surface area contributed by atoms with Crippen LogP contribution in [-0.2, 0) is 17.3 Å². The molecule has 1 aromatic rings. The predicted octanol–water partition coefficient (Wildman–Crippen LogP) is 1.73. The summed E-state index contributed by atoms with van der Waals surface area (Å²) in [4.78, 5) is 9.76. The van der Waals surface area contributed by atoms with Crippen molar-refractivity contribution in [1.82, 2.24) is 5.32 Å². The van der Waals surface area contributed by atoms with Crippen LogP contribution in [0.2, 0.25) is 0 Å². The van der Waals surface area contributed by atoms with Gasteiger partial charge in [-0.1, -0.05) is 6.07 Å². The molecule has 1 saturated heterocycles. The lowest BCUT2D eigenvalue weighted by atomic mass is 10.1. The molecule has 1 heterocycles. The molecular formula is C12H15FN2O3S. The van der Waals surface area contributed by atoms with E-state index in [1.54, 1.807) is 6.07 Å². The second-order valence-electron chi connectivity index (χ2n) is 4.55. The molecule has 0 aromatic heterocycles. The minimum atomic E-state index is -0.811. The number of hydrogen-bond acceptors (Lipinski definition) is 4. The highest BCUT2D eigenvalue weighted by Crippen LogP contribution is 2.18. The molecule has 5 nitrogen and oxygen atoms in total. The molecule has 7 heteroatoms. The normalized spacial score (nSPS) is 23.2. The lowest BCUT2D eigenvalue weighted by Crippen LogP contribution is -2.35. The summed E-state index contributed by atoms with van der Waals surface area (Å²) in [7, 11) is -0.696. The van der Waals surface area contributed by atoms with Gasteiger partial charge in [-0.15, -0.1) is 0 Å². The molecule has 0 spiro atoms. The van der Waals surface area contributed by atoms with E-state index in [0.717, 1.165) is 12.8 Å². The highest BCUT2D eigenvalue weighted by molar-refractivity contribution is 7.85. The highest BCUT2D eigenvalue weighted by Gasteiger charge is 2.18. The summed E-state index contributed by atoms with van der Waals surface area (Å²) in [5, 5.41) is 13.8. The Morgan fingerprint density at radius 3 is 2.68 bits per heavy atom. The van der Waals surface area contributed by atoms with Gasteiger partial charge in [0.15, 0.2) is 0 Å². The van der Waals surface area contributed by atoms with Crippen molar-refractivity contribution in [2.45, 2.75) is 25.4 Å². The van der Waals surface area contributed by atoms with Gasteiger partial charge in [0.05, 0.1) is 4.92 Å². The van der Waals surface area contributed by atoms with Crippen molar-refractivity contribution < 1.29 is 13.5 Å². The van der Waals surface area contributed by atoms with Crippen LogP contribution < -0.4 is 5.32 Å². The van der Waals surface area contributed by atoms with Gasteiger partial charge in [-0.2, -0.15) is 4.39 Å². The number of rotatable bonds is 4. The van der Waals surface area contributed by atoms with Gasteiger partial charge >= 0.3 is 5.69 Å². The Morgan fingerprint density at radius 2 is 2.11 bits per heavy atom. The molecule has 0 radical (unpaired) electrons. The van der Waals surface area contributed by atoms with Gasteiger partial charge in [0.2, 0.25) is 5.82 Å². The molecule has 19 heavy (non-hydrogen) atoms. The zero-order valence-corrected chi connectivity index (χ0v) is 11.1. The van der Waals surface area contributed by atoms with Crippen LogP contribution in [0.15, 0.2) is 18.2 Å². The van der Waals surface area contributed by atoms with Gasteiger partial charge < -0.3 is 5.32 Å². The van der Waals surface area contributed by atoms with Crippen LogP contribution in [0.1, 0.15) is 18.4 Å². The molecule has 0 amide bonds. The fourth-order valence-corrected chi connectivity index (χ4v) is 3.37. The Hall–Kier alpha value is -1.34. The fourth-order valence-electron chi connectivity index (χ4n) is 2.07. The van der Waals surface area contributed by atoms with Crippen LogP contribution in [0.5, 0.6) is 0 Å². The van der Waals surface area contributed by atoms with Crippen LogP contribution in [0.3, 0.4) is 0 Å². The van der Waals surface area contributed by atoms with Gasteiger partial charge in [-0.05, 0) is 24.5 Å². The van der Waals surface area contributed by atoms with Gasteiger partial charge in [0.1, 0.15) is 0 Å². The molecule has 0 unspecified atom stereocenters. The maximum Gasteiger partial charge on any atom is 0.304 e. The molecule has 1 aliphatic heterocycles. The van der Waals surface area contributed by atoms with Crippen molar-refractivity contribution in [3.8, 4) is 0 Å². The monoisotopic (exact) mass is 286 g/mol. The first kappa shape index (κ1) is 14.1. The number of nitrogens with one attached hydrogen (secondary N) is 1. The van der Waals surface area contributed by atoms with Gasteiger partial charge in [0.25, 0.3) is 0 Å². The SMILES string of the molecule is O=[N+]([O-])c1ccc(CNC2CCS(=O)CC2)cc1F. The topological polar surface area (TPSA) is 72.2 Å². The van der Waals surface area contributed by atoms with Crippen LogP contribution >= 0.6 is 0 Å². The molecule has 104 valence electrons. The van der Waals surface area contributed by atoms with E-state index in [4.69, 9.17) is 0 Å². The summed E-state index contributed by atoms with van der Waals surface area (Å²) < 4.78 is 24.6. The van der Waals surface area contributed by atoms with E-state index in [1.165, 1.54) is 12.1 Å². The van der Waals surface area contributed by atoms with E-state index >= 15 is 0 Å². The highest BCUT2D eigenvalue weighted by atomic mass is 32.2. The molecule has 0 saturated carbocycles. The predicted molar refractivity (Wildman–Crippen MR) is 70.8 cm³/mol. The van der Waals surface area contributed by atoms with Crippen molar-refractivity contribution in [2.75, 3.05) is 11.5 Å². The largest absolute Gasteiger partial charge is 0.310 e. The number of benzene rings is 1. The standard InChI is InChI=1S/C12H15FN2O3S/c13-11-7-9(1-2-12(11)15(16)17)8-14-10-3-5-19(18)6-4-10/h1-2,7,10,14H,3-6,8H2.